The van der Waals surface area contributed by atoms with Gasteiger partial charge in [0.05, 0.1) is 0 Å². The van der Waals surface area contributed by atoms with Crippen LogP contribution in [-0.2, 0) is 13.0 Å². The average molecular weight is 275 g/mol. The predicted molar refractivity (Wildman–Crippen MR) is 76.3 cm³/mol. The second-order valence-electron chi connectivity index (χ2n) is 4.73. The zero-order valence-electron chi connectivity index (χ0n) is 12.0. The Bertz CT molecular complexity index is 522. The summed E-state index contributed by atoms with van der Waals surface area (Å²) < 4.78 is 10.7. The summed E-state index contributed by atoms with van der Waals surface area (Å²) in [5.41, 5.74) is 7.08. The number of nitrogens with two attached hydrogens (primary N) is 1. The van der Waals surface area contributed by atoms with Gasteiger partial charge in [-0.2, -0.15) is 4.98 Å². The first-order valence-electron chi connectivity index (χ1n) is 7.02. The summed E-state index contributed by atoms with van der Waals surface area (Å²) in [4.78, 5) is 4.25. The molecule has 0 saturated heterocycles. The van der Waals surface area contributed by atoms with Gasteiger partial charge in [0.15, 0.2) is 12.4 Å². The molecule has 0 saturated carbocycles. The molecular weight excluding hydrogens is 254 g/mol. The molecule has 0 bridgehead atoms. The van der Waals surface area contributed by atoms with Gasteiger partial charge in [0.1, 0.15) is 5.75 Å². The molecule has 0 aliphatic rings. The molecule has 0 radical (unpaired) electrons. The number of ether oxygens (including phenoxy) is 1. The molecule has 2 aromatic rings. The van der Waals surface area contributed by atoms with Crippen LogP contribution in [0.15, 0.2) is 28.8 Å². The van der Waals surface area contributed by atoms with Crippen molar-refractivity contribution in [2.45, 2.75) is 45.8 Å². The van der Waals surface area contributed by atoms with Gasteiger partial charge >= 0.3 is 0 Å². The minimum atomic E-state index is 0.0802. The van der Waals surface area contributed by atoms with Crippen LogP contribution in [0, 0.1) is 0 Å². The highest BCUT2D eigenvalue weighted by atomic mass is 16.5. The molecule has 2 N–H and O–H groups in total. The van der Waals surface area contributed by atoms with E-state index < -0.39 is 0 Å². The largest absolute Gasteiger partial charge is 0.484 e. The standard InChI is InChI=1S/C15H21N3O2/c1-3-5-14-17-15(20-18-14)10-19-12-8-6-11(7-9-12)13(16)4-2/h6-9,13H,3-5,10,16H2,1-2H3/t13-/m0/s1. The van der Waals surface area contributed by atoms with E-state index in [0.29, 0.717) is 5.89 Å². The van der Waals surface area contributed by atoms with Crippen LogP contribution in [0.5, 0.6) is 5.75 Å². The number of rotatable bonds is 7. The Hall–Kier alpha value is -1.88. The molecule has 0 fully saturated rings. The Labute approximate surface area is 119 Å². The molecule has 2 rings (SSSR count). The third kappa shape index (κ3) is 3.81. The van der Waals surface area contributed by atoms with Crippen LogP contribution in [-0.4, -0.2) is 10.1 Å². The predicted octanol–water partition coefficient (Wildman–Crippen LogP) is 3.01. The lowest BCUT2D eigenvalue weighted by Crippen LogP contribution is -2.08. The summed E-state index contributed by atoms with van der Waals surface area (Å²) >= 11 is 0. The second-order valence-corrected chi connectivity index (χ2v) is 4.73. The molecular formula is C15H21N3O2. The molecule has 0 amide bonds. The summed E-state index contributed by atoms with van der Waals surface area (Å²) in [5.74, 6) is 2.01. The zero-order valence-corrected chi connectivity index (χ0v) is 12.0. The van der Waals surface area contributed by atoms with Gasteiger partial charge in [-0.3, -0.25) is 0 Å². The van der Waals surface area contributed by atoms with Crippen molar-refractivity contribution < 1.29 is 9.26 Å². The molecule has 1 aromatic carbocycles. The first-order chi connectivity index (χ1) is 9.72. The number of nitrogens with zero attached hydrogens (tertiary/aromatic N) is 2. The molecule has 0 aliphatic heterocycles. The Morgan fingerprint density at radius 1 is 1.25 bits per heavy atom. The Morgan fingerprint density at radius 2 is 2.00 bits per heavy atom. The van der Waals surface area contributed by atoms with E-state index in [1.54, 1.807) is 0 Å². The Kier molecular flexibility index (Phi) is 5.12. The molecule has 20 heavy (non-hydrogen) atoms. The topological polar surface area (TPSA) is 74.2 Å². The summed E-state index contributed by atoms with van der Waals surface area (Å²) in [6, 6.07) is 7.87. The zero-order chi connectivity index (χ0) is 14.4. The van der Waals surface area contributed by atoms with Gasteiger partial charge in [0, 0.05) is 12.5 Å². The van der Waals surface area contributed by atoms with Crippen LogP contribution in [0.4, 0.5) is 0 Å². The highest BCUT2D eigenvalue weighted by molar-refractivity contribution is 5.29. The summed E-state index contributed by atoms with van der Waals surface area (Å²) in [5, 5.41) is 3.88. The van der Waals surface area contributed by atoms with Gasteiger partial charge in [-0.1, -0.05) is 31.1 Å². The van der Waals surface area contributed by atoms with Crippen molar-refractivity contribution in [1.82, 2.24) is 10.1 Å². The fraction of sp³-hybridized carbons (Fsp3) is 0.467. The third-order valence-corrected chi connectivity index (χ3v) is 3.09. The molecule has 5 nitrogen and oxygen atoms in total. The smallest absolute Gasteiger partial charge is 0.264 e. The molecule has 1 aromatic heterocycles. The minimum absolute atomic E-state index is 0.0802. The van der Waals surface area contributed by atoms with Gasteiger partial charge in [-0.05, 0) is 30.5 Å². The minimum Gasteiger partial charge on any atom is -0.484 e. The second kappa shape index (κ2) is 7.05. The van der Waals surface area contributed by atoms with Crippen LogP contribution >= 0.6 is 0 Å². The summed E-state index contributed by atoms with van der Waals surface area (Å²) in [6.45, 7) is 4.43. The van der Waals surface area contributed by atoms with Crippen molar-refractivity contribution in [1.29, 1.82) is 0 Å². The number of benzene rings is 1. The monoisotopic (exact) mass is 275 g/mol. The van der Waals surface area contributed by atoms with Gasteiger partial charge in [-0.25, -0.2) is 0 Å². The third-order valence-electron chi connectivity index (χ3n) is 3.09. The molecule has 108 valence electrons. The quantitative estimate of drug-likeness (QED) is 0.840. The maximum Gasteiger partial charge on any atom is 0.264 e. The van der Waals surface area contributed by atoms with E-state index in [2.05, 4.69) is 24.0 Å². The van der Waals surface area contributed by atoms with Gasteiger partial charge in [0.2, 0.25) is 0 Å². The van der Waals surface area contributed by atoms with Crippen LogP contribution in [0.3, 0.4) is 0 Å². The van der Waals surface area contributed by atoms with Gasteiger partial charge in [-0.15, -0.1) is 0 Å². The van der Waals surface area contributed by atoms with E-state index in [4.69, 9.17) is 15.0 Å². The van der Waals surface area contributed by atoms with Crippen molar-refractivity contribution in [2.75, 3.05) is 0 Å². The lowest BCUT2D eigenvalue weighted by atomic mass is 10.1. The summed E-state index contributed by atoms with van der Waals surface area (Å²) in [6.07, 6.45) is 2.74. The average Bonchev–Trinajstić information content (AvgIpc) is 2.93. The van der Waals surface area contributed by atoms with E-state index in [-0.39, 0.29) is 12.6 Å². The van der Waals surface area contributed by atoms with Crippen molar-refractivity contribution >= 4 is 0 Å². The Morgan fingerprint density at radius 3 is 2.65 bits per heavy atom. The van der Waals surface area contributed by atoms with Crippen LogP contribution < -0.4 is 10.5 Å². The number of hydrogen-bond donors (Lipinski definition) is 1. The maximum absolute atomic E-state index is 5.97. The molecule has 0 spiro atoms. The van der Waals surface area contributed by atoms with E-state index in [9.17, 15) is 0 Å². The van der Waals surface area contributed by atoms with Crippen molar-refractivity contribution in [3.63, 3.8) is 0 Å². The van der Waals surface area contributed by atoms with Crippen molar-refractivity contribution in [3.05, 3.63) is 41.5 Å². The van der Waals surface area contributed by atoms with E-state index in [1.165, 1.54) is 0 Å². The normalized spacial score (nSPS) is 12.3. The van der Waals surface area contributed by atoms with Crippen LogP contribution in [0.2, 0.25) is 0 Å². The number of aromatic nitrogens is 2. The fourth-order valence-electron chi connectivity index (χ4n) is 1.87. The van der Waals surface area contributed by atoms with E-state index >= 15 is 0 Å². The molecule has 0 unspecified atom stereocenters. The van der Waals surface area contributed by atoms with Crippen LogP contribution in [0.1, 0.15) is 50.0 Å². The fourth-order valence-corrected chi connectivity index (χ4v) is 1.87. The molecule has 5 heteroatoms. The van der Waals surface area contributed by atoms with Gasteiger partial charge < -0.3 is 15.0 Å². The van der Waals surface area contributed by atoms with Crippen molar-refractivity contribution in [3.8, 4) is 5.75 Å². The lowest BCUT2D eigenvalue weighted by Gasteiger charge is -2.10. The van der Waals surface area contributed by atoms with Crippen LogP contribution in [0.25, 0.3) is 0 Å². The molecule has 1 atom stereocenters. The SMILES string of the molecule is CCCc1noc(COc2ccc([C@@H](N)CC)cc2)n1. The molecule has 0 aliphatic carbocycles. The lowest BCUT2D eigenvalue weighted by molar-refractivity contribution is 0.242. The summed E-state index contributed by atoms with van der Waals surface area (Å²) in [7, 11) is 0. The van der Waals surface area contributed by atoms with E-state index in [1.807, 2.05) is 24.3 Å². The maximum atomic E-state index is 5.97. The highest BCUT2D eigenvalue weighted by Crippen LogP contribution is 2.19. The van der Waals surface area contributed by atoms with Crippen molar-refractivity contribution in [2.24, 2.45) is 5.73 Å². The Balaban J connectivity index is 1.89. The van der Waals surface area contributed by atoms with Gasteiger partial charge in [0.25, 0.3) is 5.89 Å². The number of aryl methyl sites for hydroxylation is 1. The number of hydrogen-bond acceptors (Lipinski definition) is 5. The first kappa shape index (κ1) is 14.5. The highest BCUT2D eigenvalue weighted by Gasteiger charge is 2.07. The first-order valence-corrected chi connectivity index (χ1v) is 7.02. The molecule has 1 heterocycles. The van der Waals surface area contributed by atoms with E-state index in [0.717, 1.165) is 36.4 Å².